The first kappa shape index (κ1) is 11.4. The molecular formula is C8H14O4. The fourth-order valence-corrected chi connectivity index (χ4v) is 0.524. The number of rotatable bonds is 4. The lowest BCUT2D eigenvalue weighted by Gasteiger charge is -2.14. The van der Waals surface area contributed by atoms with Gasteiger partial charge in [0, 0.05) is 13.0 Å². The lowest BCUT2D eigenvalue weighted by molar-refractivity contribution is -0.00946. The van der Waals surface area contributed by atoms with Crippen LogP contribution >= 0.6 is 0 Å². The lowest BCUT2D eigenvalue weighted by Crippen LogP contribution is -2.35. The third-order valence-electron chi connectivity index (χ3n) is 1.30. The summed E-state index contributed by atoms with van der Waals surface area (Å²) >= 11 is 0. The van der Waals surface area contributed by atoms with E-state index >= 15 is 0 Å². The lowest BCUT2D eigenvalue weighted by atomic mass is 10.1. The van der Waals surface area contributed by atoms with Crippen molar-refractivity contribution in [1.82, 2.24) is 0 Å². The highest BCUT2D eigenvalue weighted by Crippen LogP contribution is 1.99. The molecule has 0 bridgehead atoms. The van der Waals surface area contributed by atoms with E-state index in [0.717, 1.165) is 0 Å². The van der Waals surface area contributed by atoms with Crippen molar-refractivity contribution in [2.45, 2.75) is 18.4 Å². The fourth-order valence-electron chi connectivity index (χ4n) is 0.524. The van der Waals surface area contributed by atoms with Gasteiger partial charge >= 0.3 is 0 Å². The molecule has 0 radical (unpaired) electrons. The monoisotopic (exact) mass is 174 g/mol. The molecule has 0 saturated heterocycles. The summed E-state index contributed by atoms with van der Waals surface area (Å²) in [6.07, 6.45) is 0.971. The third-order valence-corrected chi connectivity index (χ3v) is 1.30. The van der Waals surface area contributed by atoms with Crippen molar-refractivity contribution in [3.05, 3.63) is 0 Å². The van der Waals surface area contributed by atoms with E-state index in [2.05, 4.69) is 11.8 Å². The van der Waals surface area contributed by atoms with Crippen molar-refractivity contribution in [2.24, 2.45) is 0 Å². The molecule has 0 aliphatic rings. The Bertz CT molecular complexity index is 164. The van der Waals surface area contributed by atoms with E-state index in [1.54, 1.807) is 0 Å². The molecule has 0 amide bonds. The fraction of sp³-hybridized carbons (Fsp3) is 0.750. The summed E-state index contributed by atoms with van der Waals surface area (Å²) in [4.78, 5) is 0. The van der Waals surface area contributed by atoms with Gasteiger partial charge in [-0.3, -0.25) is 0 Å². The Morgan fingerprint density at radius 3 is 2.08 bits per heavy atom. The van der Waals surface area contributed by atoms with Crippen LogP contribution in [0.15, 0.2) is 0 Å². The Labute approximate surface area is 71.5 Å². The second kappa shape index (κ2) is 5.98. The molecule has 0 aromatic rings. The maximum atomic E-state index is 9.19. The molecule has 0 spiro atoms. The Balaban J connectivity index is 3.88. The minimum atomic E-state index is -1.70. The van der Waals surface area contributed by atoms with Gasteiger partial charge in [-0.2, -0.15) is 0 Å². The van der Waals surface area contributed by atoms with Crippen LogP contribution in [0.1, 0.15) is 12.8 Å². The van der Waals surface area contributed by atoms with Gasteiger partial charge in [0.05, 0.1) is 13.2 Å². The molecule has 4 heteroatoms. The van der Waals surface area contributed by atoms with Gasteiger partial charge in [-0.25, -0.2) is 0 Å². The summed E-state index contributed by atoms with van der Waals surface area (Å²) in [6.45, 7) is -1.13. The summed E-state index contributed by atoms with van der Waals surface area (Å²) in [5.74, 6) is 4.87. The molecule has 0 aromatic heterocycles. The van der Waals surface area contributed by atoms with Crippen molar-refractivity contribution < 1.29 is 20.4 Å². The zero-order chi connectivity index (χ0) is 9.45. The Hall–Kier alpha value is -0.600. The first-order chi connectivity index (χ1) is 5.68. The molecule has 0 rings (SSSR count). The smallest absolute Gasteiger partial charge is 0.171 e. The zero-order valence-electron chi connectivity index (χ0n) is 6.82. The van der Waals surface area contributed by atoms with E-state index in [-0.39, 0.29) is 6.61 Å². The zero-order valence-corrected chi connectivity index (χ0v) is 6.82. The second-order valence-corrected chi connectivity index (χ2v) is 2.48. The minimum absolute atomic E-state index is 0.0470. The van der Waals surface area contributed by atoms with Crippen molar-refractivity contribution in [3.63, 3.8) is 0 Å². The molecule has 0 unspecified atom stereocenters. The predicted octanol–water partition coefficient (Wildman–Crippen LogP) is -1.52. The van der Waals surface area contributed by atoms with Crippen molar-refractivity contribution in [2.75, 3.05) is 19.8 Å². The van der Waals surface area contributed by atoms with Crippen molar-refractivity contribution in [1.29, 1.82) is 0 Å². The minimum Gasteiger partial charge on any atom is -0.396 e. The number of hydrogen-bond donors (Lipinski definition) is 4. The summed E-state index contributed by atoms with van der Waals surface area (Å²) in [6, 6.07) is 0. The molecule has 0 fully saturated rings. The normalized spacial score (nSPS) is 10.7. The van der Waals surface area contributed by atoms with Crippen LogP contribution in [0.4, 0.5) is 0 Å². The summed E-state index contributed by atoms with van der Waals surface area (Å²) < 4.78 is 0. The van der Waals surface area contributed by atoms with Crippen LogP contribution in [-0.2, 0) is 0 Å². The van der Waals surface area contributed by atoms with Crippen LogP contribution in [-0.4, -0.2) is 45.8 Å². The van der Waals surface area contributed by atoms with Gasteiger partial charge in [-0.15, -0.1) is 0 Å². The van der Waals surface area contributed by atoms with Gasteiger partial charge in [0.15, 0.2) is 5.60 Å². The van der Waals surface area contributed by atoms with E-state index in [9.17, 15) is 5.11 Å². The van der Waals surface area contributed by atoms with Gasteiger partial charge < -0.3 is 20.4 Å². The number of unbranched alkanes of at least 4 members (excludes halogenated alkanes) is 1. The van der Waals surface area contributed by atoms with E-state index < -0.39 is 18.8 Å². The highest BCUT2D eigenvalue weighted by molar-refractivity contribution is 5.13. The molecule has 0 aromatic carbocycles. The molecular weight excluding hydrogens is 160 g/mol. The molecule has 4 nitrogen and oxygen atoms in total. The first-order valence-corrected chi connectivity index (χ1v) is 3.73. The van der Waals surface area contributed by atoms with Gasteiger partial charge in [-0.1, -0.05) is 11.8 Å². The Morgan fingerprint density at radius 2 is 1.67 bits per heavy atom. The van der Waals surface area contributed by atoms with Crippen LogP contribution < -0.4 is 0 Å². The van der Waals surface area contributed by atoms with Crippen LogP contribution in [0.2, 0.25) is 0 Å². The van der Waals surface area contributed by atoms with Crippen LogP contribution in [0.3, 0.4) is 0 Å². The summed E-state index contributed by atoms with van der Waals surface area (Å²) in [7, 11) is 0. The molecule has 0 heterocycles. The number of aliphatic hydroxyl groups excluding tert-OH is 3. The average Bonchev–Trinajstić information content (AvgIpc) is 2.12. The maximum Gasteiger partial charge on any atom is 0.171 e. The molecule has 0 saturated carbocycles. The van der Waals surface area contributed by atoms with E-state index in [0.29, 0.717) is 12.8 Å². The highest BCUT2D eigenvalue weighted by atomic mass is 16.4. The van der Waals surface area contributed by atoms with Gasteiger partial charge in [-0.05, 0) is 6.42 Å². The number of hydrogen-bond acceptors (Lipinski definition) is 4. The maximum absolute atomic E-state index is 9.19. The van der Waals surface area contributed by atoms with Gasteiger partial charge in [0.2, 0.25) is 0 Å². The molecule has 0 atom stereocenters. The van der Waals surface area contributed by atoms with Crippen LogP contribution in [0.25, 0.3) is 0 Å². The molecule has 4 N–H and O–H groups in total. The average molecular weight is 174 g/mol. The Morgan fingerprint density at radius 1 is 1.08 bits per heavy atom. The van der Waals surface area contributed by atoms with Gasteiger partial charge in [0.1, 0.15) is 0 Å². The first-order valence-electron chi connectivity index (χ1n) is 3.73. The van der Waals surface area contributed by atoms with Crippen molar-refractivity contribution >= 4 is 0 Å². The van der Waals surface area contributed by atoms with Crippen LogP contribution in [0.5, 0.6) is 0 Å². The quantitative estimate of drug-likeness (QED) is 0.308. The third kappa shape index (κ3) is 4.31. The van der Waals surface area contributed by atoms with Crippen molar-refractivity contribution in [3.8, 4) is 11.8 Å². The van der Waals surface area contributed by atoms with Crippen LogP contribution in [0, 0.1) is 11.8 Å². The summed E-state index contributed by atoms with van der Waals surface area (Å²) in [5, 5.41) is 34.7. The van der Waals surface area contributed by atoms with E-state index in [1.165, 1.54) is 0 Å². The predicted molar refractivity (Wildman–Crippen MR) is 43.2 cm³/mol. The molecule has 0 aliphatic heterocycles. The van der Waals surface area contributed by atoms with Gasteiger partial charge in [0.25, 0.3) is 0 Å². The van der Waals surface area contributed by atoms with E-state index in [1.807, 2.05) is 0 Å². The molecule has 12 heavy (non-hydrogen) atoms. The van der Waals surface area contributed by atoms with E-state index in [4.69, 9.17) is 15.3 Å². The Kier molecular flexibility index (Phi) is 5.68. The standard InChI is InChI=1S/C8H14O4/c9-5-3-1-2-4-8(12,6-10)7-11/h9-12H,1,3,5-7H2. The molecule has 70 valence electrons. The highest BCUT2D eigenvalue weighted by Gasteiger charge is 2.20. The second-order valence-electron chi connectivity index (χ2n) is 2.48. The largest absolute Gasteiger partial charge is 0.396 e. The topological polar surface area (TPSA) is 80.9 Å². The summed E-state index contributed by atoms with van der Waals surface area (Å²) in [5.41, 5.74) is -1.70. The molecule has 0 aliphatic carbocycles. The SMILES string of the molecule is OCCCC#CC(O)(CO)CO. The number of aliphatic hydroxyl groups is 4.